The largest absolute Gasteiger partial charge is 0.320 e. The van der Waals surface area contributed by atoms with E-state index in [0.717, 1.165) is 21.4 Å². The van der Waals surface area contributed by atoms with Crippen LogP contribution in [0.2, 0.25) is 0 Å². The fourth-order valence-corrected chi connectivity index (χ4v) is 1.86. The molecule has 0 amide bonds. The van der Waals surface area contributed by atoms with E-state index in [0.29, 0.717) is 0 Å². The van der Waals surface area contributed by atoms with E-state index in [1.54, 1.807) is 4.68 Å². The predicted molar refractivity (Wildman–Crippen MR) is 71.0 cm³/mol. The van der Waals surface area contributed by atoms with Crippen LogP contribution < -0.4 is 5.73 Å². The Kier molecular flexibility index (Phi) is 3.05. The van der Waals surface area contributed by atoms with Gasteiger partial charge in [0.05, 0.1) is 17.4 Å². The zero-order valence-corrected chi connectivity index (χ0v) is 11.7. The summed E-state index contributed by atoms with van der Waals surface area (Å²) in [6, 6.07) is 6.05. The molecule has 2 N–H and O–H groups in total. The molecule has 0 bridgehead atoms. The van der Waals surface area contributed by atoms with Crippen molar-refractivity contribution < 1.29 is 0 Å². The van der Waals surface area contributed by atoms with Crippen LogP contribution in [-0.2, 0) is 5.54 Å². The summed E-state index contributed by atoms with van der Waals surface area (Å²) in [6.45, 7) is 5.86. The lowest BCUT2D eigenvalue weighted by Gasteiger charge is -2.13. The summed E-state index contributed by atoms with van der Waals surface area (Å²) < 4.78 is 2.77. The Morgan fingerprint density at radius 2 is 2.06 bits per heavy atom. The second kappa shape index (κ2) is 4.23. The van der Waals surface area contributed by atoms with Crippen molar-refractivity contribution in [1.29, 1.82) is 0 Å². The molecule has 90 valence electrons. The summed E-state index contributed by atoms with van der Waals surface area (Å²) >= 11 is 3.45. The van der Waals surface area contributed by atoms with Gasteiger partial charge in [0.2, 0.25) is 0 Å². The van der Waals surface area contributed by atoms with Crippen molar-refractivity contribution in [3.63, 3.8) is 0 Å². The second-order valence-electron chi connectivity index (χ2n) is 4.70. The molecule has 1 aromatic carbocycles. The minimum Gasteiger partial charge on any atom is -0.320 e. The minimum absolute atomic E-state index is 0.474. The highest BCUT2D eigenvalue weighted by Crippen LogP contribution is 2.21. The fraction of sp³-hybridized carbons (Fsp3) is 0.333. The molecule has 0 aliphatic rings. The summed E-state index contributed by atoms with van der Waals surface area (Å²) in [4.78, 5) is 0. The summed E-state index contributed by atoms with van der Waals surface area (Å²) in [7, 11) is 0. The third-order valence-electron chi connectivity index (χ3n) is 2.57. The summed E-state index contributed by atoms with van der Waals surface area (Å²) in [5.74, 6) is 0. The van der Waals surface area contributed by atoms with Gasteiger partial charge in [0.25, 0.3) is 0 Å². The SMILES string of the molecule is Cc1ccc(Br)cc1-n1cc(C(C)(C)N)nn1. The Balaban J connectivity index is 2.47. The number of aromatic nitrogens is 3. The molecule has 0 saturated carbocycles. The van der Waals surface area contributed by atoms with Crippen LogP contribution in [0.5, 0.6) is 0 Å². The van der Waals surface area contributed by atoms with Crippen molar-refractivity contribution in [3.05, 3.63) is 40.1 Å². The number of rotatable bonds is 2. The molecule has 2 aromatic rings. The first-order valence-electron chi connectivity index (χ1n) is 5.36. The van der Waals surface area contributed by atoms with Gasteiger partial charge in [-0.2, -0.15) is 0 Å². The van der Waals surface area contributed by atoms with Gasteiger partial charge in [0, 0.05) is 4.47 Å². The summed E-state index contributed by atoms with van der Waals surface area (Å²) in [5.41, 5.74) is 8.43. The van der Waals surface area contributed by atoms with Gasteiger partial charge in [-0.05, 0) is 38.5 Å². The van der Waals surface area contributed by atoms with Crippen molar-refractivity contribution in [2.75, 3.05) is 0 Å². The Bertz CT molecular complexity index is 540. The third kappa shape index (κ3) is 2.56. The average Bonchev–Trinajstić information content (AvgIpc) is 2.70. The number of nitrogens with zero attached hydrogens (tertiary/aromatic N) is 3. The molecule has 0 fully saturated rings. The van der Waals surface area contributed by atoms with Crippen LogP contribution >= 0.6 is 15.9 Å². The van der Waals surface area contributed by atoms with Crippen LogP contribution in [0.3, 0.4) is 0 Å². The molecule has 0 aliphatic heterocycles. The van der Waals surface area contributed by atoms with Gasteiger partial charge >= 0.3 is 0 Å². The molecule has 0 spiro atoms. The molecule has 0 atom stereocenters. The van der Waals surface area contributed by atoms with Crippen molar-refractivity contribution >= 4 is 15.9 Å². The lowest BCUT2D eigenvalue weighted by atomic mass is 10.0. The maximum atomic E-state index is 5.99. The van der Waals surface area contributed by atoms with Crippen LogP contribution in [0.15, 0.2) is 28.9 Å². The van der Waals surface area contributed by atoms with Crippen molar-refractivity contribution in [1.82, 2.24) is 15.0 Å². The highest BCUT2D eigenvalue weighted by molar-refractivity contribution is 9.10. The standard InChI is InChI=1S/C12H15BrN4/c1-8-4-5-9(13)6-10(8)17-7-11(15-16-17)12(2,3)14/h4-7H,14H2,1-3H3. The van der Waals surface area contributed by atoms with E-state index >= 15 is 0 Å². The first-order chi connectivity index (χ1) is 7.88. The van der Waals surface area contributed by atoms with Crippen molar-refractivity contribution in [2.24, 2.45) is 5.73 Å². The number of aryl methyl sites for hydroxylation is 1. The van der Waals surface area contributed by atoms with E-state index in [9.17, 15) is 0 Å². The zero-order valence-electron chi connectivity index (χ0n) is 10.1. The molecule has 0 aliphatic carbocycles. The molecule has 5 heteroatoms. The molecular weight excluding hydrogens is 280 g/mol. The second-order valence-corrected chi connectivity index (χ2v) is 5.62. The number of nitrogens with two attached hydrogens (primary N) is 1. The molecule has 1 aromatic heterocycles. The molecule has 0 saturated heterocycles. The number of hydrogen-bond acceptors (Lipinski definition) is 3. The van der Waals surface area contributed by atoms with Gasteiger partial charge in [0.1, 0.15) is 5.69 Å². The normalized spacial score (nSPS) is 11.8. The smallest absolute Gasteiger partial charge is 0.102 e. The monoisotopic (exact) mass is 294 g/mol. The van der Waals surface area contributed by atoms with E-state index in [1.807, 2.05) is 45.2 Å². The minimum atomic E-state index is -0.474. The first-order valence-corrected chi connectivity index (χ1v) is 6.15. The summed E-state index contributed by atoms with van der Waals surface area (Å²) in [6.07, 6.45) is 1.87. The highest BCUT2D eigenvalue weighted by Gasteiger charge is 2.19. The van der Waals surface area contributed by atoms with Crippen LogP contribution in [0, 0.1) is 6.92 Å². The van der Waals surface area contributed by atoms with Crippen LogP contribution in [0.4, 0.5) is 0 Å². The number of halogens is 1. The molecule has 1 heterocycles. The Hall–Kier alpha value is -1.20. The molecule has 0 radical (unpaired) electrons. The van der Waals surface area contributed by atoms with Crippen molar-refractivity contribution in [2.45, 2.75) is 26.3 Å². The van der Waals surface area contributed by atoms with E-state index in [4.69, 9.17) is 5.73 Å². The van der Waals surface area contributed by atoms with Gasteiger partial charge in [-0.1, -0.05) is 27.2 Å². The number of hydrogen-bond donors (Lipinski definition) is 1. The predicted octanol–water partition coefficient (Wildman–Crippen LogP) is 2.53. The van der Waals surface area contributed by atoms with E-state index in [-0.39, 0.29) is 0 Å². The van der Waals surface area contributed by atoms with E-state index in [1.165, 1.54) is 0 Å². The Morgan fingerprint density at radius 3 is 2.65 bits per heavy atom. The molecule has 0 unspecified atom stereocenters. The van der Waals surface area contributed by atoms with Crippen LogP contribution in [0.25, 0.3) is 5.69 Å². The molecule has 4 nitrogen and oxygen atoms in total. The van der Waals surface area contributed by atoms with Gasteiger partial charge in [-0.25, -0.2) is 4.68 Å². The Labute approximate surface area is 109 Å². The van der Waals surface area contributed by atoms with Gasteiger partial charge in [-0.3, -0.25) is 0 Å². The number of benzene rings is 1. The molecular formula is C12H15BrN4. The molecule has 17 heavy (non-hydrogen) atoms. The topological polar surface area (TPSA) is 56.7 Å². The molecule has 2 rings (SSSR count). The highest BCUT2D eigenvalue weighted by atomic mass is 79.9. The maximum Gasteiger partial charge on any atom is 0.102 e. The van der Waals surface area contributed by atoms with Gasteiger partial charge in [0.15, 0.2) is 0 Å². The summed E-state index contributed by atoms with van der Waals surface area (Å²) in [5, 5.41) is 8.23. The fourth-order valence-electron chi connectivity index (χ4n) is 1.51. The lowest BCUT2D eigenvalue weighted by Crippen LogP contribution is -2.29. The zero-order chi connectivity index (χ0) is 12.6. The van der Waals surface area contributed by atoms with Crippen LogP contribution in [-0.4, -0.2) is 15.0 Å². The maximum absolute atomic E-state index is 5.99. The Morgan fingerprint density at radius 1 is 1.35 bits per heavy atom. The lowest BCUT2D eigenvalue weighted by molar-refractivity contribution is 0.533. The average molecular weight is 295 g/mol. The van der Waals surface area contributed by atoms with Gasteiger partial charge in [-0.15, -0.1) is 5.10 Å². The van der Waals surface area contributed by atoms with E-state index < -0.39 is 5.54 Å². The van der Waals surface area contributed by atoms with Crippen LogP contribution in [0.1, 0.15) is 25.1 Å². The first kappa shape index (κ1) is 12.3. The third-order valence-corrected chi connectivity index (χ3v) is 3.06. The van der Waals surface area contributed by atoms with Crippen molar-refractivity contribution in [3.8, 4) is 5.69 Å². The van der Waals surface area contributed by atoms with Gasteiger partial charge < -0.3 is 5.73 Å². The quantitative estimate of drug-likeness (QED) is 0.926. The van der Waals surface area contributed by atoms with E-state index in [2.05, 4.69) is 26.2 Å².